The molecule has 1 radical (unpaired) electrons. The van der Waals surface area contributed by atoms with Crippen LogP contribution in [0.25, 0.3) is 0 Å². The lowest BCUT2D eigenvalue weighted by atomic mass is 10.1. The van der Waals surface area contributed by atoms with Crippen molar-refractivity contribution < 1.29 is 14.4 Å². The Hall–Kier alpha value is -2.29. The predicted octanol–water partition coefficient (Wildman–Crippen LogP) is 2.46. The van der Waals surface area contributed by atoms with E-state index in [2.05, 4.69) is 21.4 Å². The Morgan fingerprint density at radius 2 is 1.96 bits per heavy atom. The largest absolute Gasteiger partial charge is 0.364 e. The third-order valence-electron chi connectivity index (χ3n) is 3.16. The zero-order valence-corrected chi connectivity index (χ0v) is 13.9. The number of nitro benzene ring substituents is 1. The third kappa shape index (κ3) is 5.12. The predicted molar refractivity (Wildman–Crippen MR) is 88.1 cm³/mol. The van der Waals surface area contributed by atoms with E-state index in [1.807, 2.05) is 0 Å². The summed E-state index contributed by atoms with van der Waals surface area (Å²) in [6.45, 7) is 0.369. The van der Waals surface area contributed by atoms with Crippen molar-refractivity contribution in [1.29, 1.82) is 0 Å². The van der Waals surface area contributed by atoms with Crippen LogP contribution in [-0.4, -0.2) is 41.9 Å². The summed E-state index contributed by atoms with van der Waals surface area (Å²) in [5.41, 5.74) is 0.868. The molecule has 1 aromatic heterocycles. The van der Waals surface area contributed by atoms with E-state index >= 15 is 0 Å². The fraction of sp³-hybridized carbons (Fsp3) is 0.333. The highest BCUT2D eigenvalue weighted by Gasteiger charge is 2.10. The summed E-state index contributed by atoms with van der Waals surface area (Å²) < 4.78 is 10.2. The van der Waals surface area contributed by atoms with E-state index in [1.165, 1.54) is 26.4 Å². The van der Waals surface area contributed by atoms with E-state index in [4.69, 9.17) is 21.1 Å². The van der Waals surface area contributed by atoms with Crippen LogP contribution in [0.3, 0.4) is 0 Å². The molecule has 0 saturated heterocycles. The van der Waals surface area contributed by atoms with E-state index in [0.29, 0.717) is 24.6 Å². The monoisotopic (exact) mass is 351 g/mol. The minimum absolute atomic E-state index is 0.0339. The van der Waals surface area contributed by atoms with Gasteiger partial charge in [0.1, 0.15) is 16.8 Å². The second kappa shape index (κ2) is 8.53. The SMILES string of the molecule is COC(CNc1[c]c(Cl)nc(Cc2ccc([N+](=O)[O-])cc2)n1)OC. The molecule has 0 atom stereocenters. The number of hydrogen-bond donors (Lipinski definition) is 1. The summed E-state index contributed by atoms with van der Waals surface area (Å²) in [6, 6.07) is 8.98. The summed E-state index contributed by atoms with van der Waals surface area (Å²) in [7, 11) is 3.07. The lowest BCUT2D eigenvalue weighted by molar-refractivity contribution is -0.384. The van der Waals surface area contributed by atoms with Gasteiger partial charge in [-0.25, -0.2) is 9.97 Å². The molecular weight excluding hydrogens is 336 g/mol. The zero-order valence-electron chi connectivity index (χ0n) is 13.2. The third-order valence-corrected chi connectivity index (χ3v) is 3.34. The van der Waals surface area contributed by atoms with Crippen LogP contribution in [0, 0.1) is 16.2 Å². The molecule has 2 aromatic rings. The fourth-order valence-corrected chi connectivity index (χ4v) is 2.13. The number of non-ortho nitro benzene ring substituents is 1. The van der Waals surface area contributed by atoms with Gasteiger partial charge in [0.25, 0.3) is 5.69 Å². The summed E-state index contributed by atoms with van der Waals surface area (Å²) in [5.74, 6) is 0.896. The van der Waals surface area contributed by atoms with Gasteiger partial charge in [-0.1, -0.05) is 23.7 Å². The maximum absolute atomic E-state index is 10.7. The van der Waals surface area contributed by atoms with Crippen molar-refractivity contribution in [1.82, 2.24) is 9.97 Å². The van der Waals surface area contributed by atoms with Crippen molar-refractivity contribution >= 4 is 23.1 Å². The molecule has 0 aliphatic carbocycles. The maximum Gasteiger partial charge on any atom is 0.269 e. The van der Waals surface area contributed by atoms with Crippen LogP contribution in [0.15, 0.2) is 24.3 Å². The quantitative estimate of drug-likeness (QED) is 0.337. The van der Waals surface area contributed by atoms with Crippen LogP contribution < -0.4 is 5.32 Å². The van der Waals surface area contributed by atoms with Gasteiger partial charge in [-0.2, -0.15) is 0 Å². The van der Waals surface area contributed by atoms with Gasteiger partial charge >= 0.3 is 0 Å². The van der Waals surface area contributed by atoms with Crippen LogP contribution in [-0.2, 0) is 15.9 Å². The number of anilines is 1. The first-order chi connectivity index (χ1) is 11.5. The molecule has 127 valence electrons. The van der Waals surface area contributed by atoms with Crippen molar-refractivity contribution in [3.05, 3.63) is 57.0 Å². The number of ether oxygens (including phenoxy) is 2. The van der Waals surface area contributed by atoms with E-state index < -0.39 is 11.2 Å². The zero-order chi connectivity index (χ0) is 17.5. The molecule has 0 unspecified atom stereocenters. The Labute approximate surface area is 143 Å². The van der Waals surface area contributed by atoms with E-state index in [9.17, 15) is 10.1 Å². The number of nitrogens with zero attached hydrogens (tertiary/aromatic N) is 3. The Balaban J connectivity index is 2.08. The molecule has 0 bridgehead atoms. The molecule has 0 aliphatic rings. The van der Waals surface area contributed by atoms with E-state index in [-0.39, 0.29) is 10.8 Å². The number of hydrogen-bond acceptors (Lipinski definition) is 7. The summed E-state index contributed by atoms with van der Waals surface area (Å²) in [5, 5.41) is 13.9. The molecular formula is C15H16ClN4O4. The molecule has 0 saturated carbocycles. The van der Waals surface area contributed by atoms with Crippen molar-refractivity contribution in [3.8, 4) is 0 Å². The Morgan fingerprint density at radius 1 is 1.29 bits per heavy atom. The molecule has 0 amide bonds. The topological polar surface area (TPSA) is 99.4 Å². The standard InChI is InChI=1S/C15H16ClN4O4/c1-23-15(24-2)9-17-13-8-12(16)18-14(19-13)7-10-3-5-11(6-4-10)20(21)22/h3-6,15H,7,9H2,1-2H3,(H,17,18,19). The number of nitro groups is 1. The molecule has 0 spiro atoms. The molecule has 1 aromatic carbocycles. The second-order valence-corrected chi connectivity index (χ2v) is 5.14. The van der Waals surface area contributed by atoms with Crippen molar-refractivity contribution in [3.63, 3.8) is 0 Å². The number of aromatic nitrogens is 2. The van der Waals surface area contributed by atoms with Gasteiger partial charge in [-0.05, 0) is 5.56 Å². The van der Waals surface area contributed by atoms with Crippen LogP contribution in [0.1, 0.15) is 11.4 Å². The highest BCUT2D eigenvalue weighted by atomic mass is 35.5. The molecule has 9 heteroatoms. The Kier molecular flexibility index (Phi) is 6.42. The first-order valence-electron chi connectivity index (χ1n) is 7.00. The second-order valence-electron chi connectivity index (χ2n) is 4.79. The average Bonchev–Trinajstić information content (AvgIpc) is 2.56. The first kappa shape index (κ1) is 18.1. The number of rotatable bonds is 8. The molecule has 1 heterocycles. The summed E-state index contributed by atoms with van der Waals surface area (Å²) >= 11 is 5.97. The highest BCUT2D eigenvalue weighted by molar-refractivity contribution is 6.29. The maximum atomic E-state index is 10.7. The average molecular weight is 352 g/mol. The molecule has 1 N–H and O–H groups in total. The molecule has 2 rings (SSSR count). The van der Waals surface area contributed by atoms with Crippen LogP contribution in [0.4, 0.5) is 11.5 Å². The number of benzene rings is 1. The van der Waals surface area contributed by atoms with Gasteiger partial charge in [0.15, 0.2) is 6.29 Å². The normalized spacial score (nSPS) is 10.8. The van der Waals surface area contributed by atoms with Crippen LogP contribution >= 0.6 is 11.6 Å². The van der Waals surface area contributed by atoms with Crippen LogP contribution in [0.5, 0.6) is 0 Å². The van der Waals surface area contributed by atoms with Gasteiger partial charge < -0.3 is 14.8 Å². The van der Waals surface area contributed by atoms with Gasteiger partial charge in [-0.3, -0.25) is 10.1 Å². The number of halogens is 1. The van der Waals surface area contributed by atoms with Gasteiger partial charge in [-0.15, -0.1) is 0 Å². The fourth-order valence-electron chi connectivity index (χ4n) is 1.94. The highest BCUT2D eigenvalue weighted by Crippen LogP contribution is 2.16. The molecule has 24 heavy (non-hydrogen) atoms. The lowest BCUT2D eigenvalue weighted by Gasteiger charge is -2.14. The number of nitrogens with one attached hydrogen (secondary N) is 1. The van der Waals surface area contributed by atoms with Gasteiger partial charge in [0, 0.05) is 32.8 Å². The van der Waals surface area contributed by atoms with Gasteiger partial charge in [0.05, 0.1) is 17.5 Å². The summed E-state index contributed by atoms with van der Waals surface area (Å²) in [4.78, 5) is 18.7. The first-order valence-corrected chi connectivity index (χ1v) is 7.38. The van der Waals surface area contributed by atoms with Crippen molar-refractivity contribution in [2.75, 3.05) is 26.1 Å². The number of methoxy groups -OCH3 is 2. The van der Waals surface area contributed by atoms with E-state index in [0.717, 1.165) is 5.56 Å². The molecule has 8 nitrogen and oxygen atoms in total. The lowest BCUT2D eigenvalue weighted by Crippen LogP contribution is -2.24. The minimum Gasteiger partial charge on any atom is -0.364 e. The smallest absolute Gasteiger partial charge is 0.269 e. The van der Waals surface area contributed by atoms with E-state index in [1.54, 1.807) is 12.1 Å². The Bertz CT molecular complexity index is 692. The van der Waals surface area contributed by atoms with Crippen LogP contribution in [0.2, 0.25) is 5.15 Å². The van der Waals surface area contributed by atoms with Crippen molar-refractivity contribution in [2.45, 2.75) is 12.7 Å². The summed E-state index contributed by atoms with van der Waals surface area (Å²) in [6.07, 6.45) is -0.0377. The minimum atomic E-state index is -0.446. The molecule has 0 aliphatic heterocycles. The van der Waals surface area contributed by atoms with Gasteiger partial charge in [0.2, 0.25) is 0 Å². The molecule has 0 fully saturated rings. The van der Waals surface area contributed by atoms with Crippen molar-refractivity contribution in [2.24, 2.45) is 0 Å². The Morgan fingerprint density at radius 3 is 2.54 bits per heavy atom.